The van der Waals surface area contributed by atoms with Crippen LogP contribution in [0.1, 0.15) is 25.5 Å². The van der Waals surface area contributed by atoms with Gasteiger partial charge in [-0.25, -0.2) is 4.98 Å². The Hall–Kier alpha value is -0.790. The maximum atomic E-state index is 4.98. The average molecular weight is 111 g/mol. The first-order valence-corrected chi connectivity index (χ1v) is 2.69. The fourth-order valence-electron chi connectivity index (χ4n) is 0.511. The summed E-state index contributed by atoms with van der Waals surface area (Å²) in [6, 6.07) is 0. The Kier molecular flexibility index (Phi) is 1.33. The van der Waals surface area contributed by atoms with Gasteiger partial charge in [0, 0.05) is 5.92 Å². The number of hydrogen-bond donors (Lipinski definition) is 0. The molecule has 1 heterocycles. The Balaban J connectivity index is 2.77. The van der Waals surface area contributed by atoms with Crippen molar-refractivity contribution < 1.29 is 4.42 Å². The van der Waals surface area contributed by atoms with E-state index >= 15 is 0 Å². The van der Waals surface area contributed by atoms with Crippen LogP contribution < -0.4 is 0 Å². The third kappa shape index (κ3) is 0.886. The summed E-state index contributed by atoms with van der Waals surface area (Å²) in [5, 5.41) is 0. The number of aromatic nitrogens is 1. The van der Waals surface area contributed by atoms with Crippen LogP contribution in [0.2, 0.25) is 0 Å². The second-order valence-electron chi connectivity index (χ2n) is 2.06. The molecule has 0 saturated carbocycles. The lowest BCUT2D eigenvalue weighted by atomic mass is 10.2. The van der Waals surface area contributed by atoms with E-state index in [-0.39, 0.29) is 0 Å². The Morgan fingerprint density at radius 1 is 1.62 bits per heavy atom. The molecule has 2 heteroatoms. The highest BCUT2D eigenvalue weighted by molar-refractivity contribution is 4.93. The molecule has 0 aliphatic heterocycles. The second-order valence-corrected chi connectivity index (χ2v) is 2.06. The fraction of sp³-hybridized carbons (Fsp3) is 0.500. The van der Waals surface area contributed by atoms with E-state index in [1.807, 2.05) is 0 Å². The van der Waals surface area contributed by atoms with E-state index in [0.29, 0.717) is 5.92 Å². The Labute approximate surface area is 48.5 Å². The molecule has 0 bridgehead atoms. The minimum absolute atomic E-state index is 0.456. The maximum absolute atomic E-state index is 4.98. The number of oxazole rings is 1. The van der Waals surface area contributed by atoms with Crippen LogP contribution in [0.25, 0.3) is 0 Å². The quantitative estimate of drug-likeness (QED) is 0.552. The summed E-state index contributed by atoms with van der Waals surface area (Å²) in [5.74, 6) is 1.41. The minimum atomic E-state index is 0.456. The lowest BCUT2D eigenvalue weighted by Gasteiger charge is -1.93. The third-order valence-electron chi connectivity index (χ3n) is 1.02. The van der Waals surface area contributed by atoms with Crippen molar-refractivity contribution in [1.29, 1.82) is 0 Å². The monoisotopic (exact) mass is 111 g/mol. The SMILES string of the molecule is CC(C)c1cnco1. The smallest absolute Gasteiger partial charge is 0.180 e. The molecule has 0 atom stereocenters. The van der Waals surface area contributed by atoms with E-state index in [4.69, 9.17) is 4.42 Å². The normalized spacial score (nSPS) is 10.4. The second kappa shape index (κ2) is 1.99. The molecule has 8 heavy (non-hydrogen) atoms. The van der Waals surface area contributed by atoms with Crippen LogP contribution in [-0.4, -0.2) is 4.98 Å². The summed E-state index contributed by atoms with van der Waals surface area (Å²) < 4.78 is 4.98. The Morgan fingerprint density at radius 2 is 2.38 bits per heavy atom. The summed E-state index contributed by atoms with van der Waals surface area (Å²) in [6.45, 7) is 4.14. The van der Waals surface area contributed by atoms with Crippen LogP contribution in [0.15, 0.2) is 17.0 Å². The lowest BCUT2D eigenvalue weighted by molar-refractivity contribution is 0.482. The molecule has 0 spiro atoms. The summed E-state index contributed by atoms with van der Waals surface area (Å²) in [6.07, 6.45) is 3.19. The topological polar surface area (TPSA) is 26.0 Å². The molecule has 1 aromatic heterocycles. The van der Waals surface area contributed by atoms with Crippen LogP contribution in [0.5, 0.6) is 0 Å². The summed E-state index contributed by atoms with van der Waals surface area (Å²) in [5.41, 5.74) is 0. The van der Waals surface area contributed by atoms with E-state index in [2.05, 4.69) is 18.8 Å². The average Bonchev–Trinajstić information content (AvgIpc) is 2.12. The molecule has 0 saturated heterocycles. The zero-order chi connectivity index (χ0) is 5.98. The molecule has 0 radical (unpaired) electrons. The number of hydrogen-bond acceptors (Lipinski definition) is 2. The zero-order valence-corrected chi connectivity index (χ0v) is 5.09. The summed E-state index contributed by atoms with van der Waals surface area (Å²) >= 11 is 0. The van der Waals surface area contributed by atoms with Gasteiger partial charge < -0.3 is 4.42 Å². The predicted octanol–water partition coefficient (Wildman–Crippen LogP) is 1.80. The van der Waals surface area contributed by atoms with Crippen molar-refractivity contribution in [3.63, 3.8) is 0 Å². The van der Waals surface area contributed by atoms with E-state index in [9.17, 15) is 0 Å². The molecule has 0 fully saturated rings. The zero-order valence-electron chi connectivity index (χ0n) is 5.09. The third-order valence-corrected chi connectivity index (χ3v) is 1.02. The summed E-state index contributed by atoms with van der Waals surface area (Å²) in [7, 11) is 0. The van der Waals surface area contributed by atoms with Crippen LogP contribution in [0.3, 0.4) is 0 Å². The molecule has 0 unspecified atom stereocenters. The molecule has 1 aromatic rings. The number of nitrogens with zero attached hydrogens (tertiary/aromatic N) is 1. The van der Waals surface area contributed by atoms with Gasteiger partial charge in [0.15, 0.2) is 6.39 Å². The Morgan fingerprint density at radius 3 is 2.62 bits per heavy atom. The van der Waals surface area contributed by atoms with E-state index < -0.39 is 0 Å². The van der Waals surface area contributed by atoms with Gasteiger partial charge in [0.25, 0.3) is 0 Å². The first-order valence-electron chi connectivity index (χ1n) is 2.69. The minimum Gasteiger partial charge on any atom is -0.448 e. The van der Waals surface area contributed by atoms with Crippen LogP contribution >= 0.6 is 0 Å². The molecular formula is C6H9NO. The van der Waals surface area contributed by atoms with Gasteiger partial charge in [-0.15, -0.1) is 0 Å². The van der Waals surface area contributed by atoms with Crippen molar-refractivity contribution in [2.75, 3.05) is 0 Å². The van der Waals surface area contributed by atoms with Crippen molar-refractivity contribution in [3.8, 4) is 0 Å². The van der Waals surface area contributed by atoms with Gasteiger partial charge in [0.1, 0.15) is 5.76 Å². The van der Waals surface area contributed by atoms with E-state index in [0.717, 1.165) is 5.76 Å². The van der Waals surface area contributed by atoms with Gasteiger partial charge in [-0.2, -0.15) is 0 Å². The van der Waals surface area contributed by atoms with E-state index in [1.165, 1.54) is 6.39 Å². The van der Waals surface area contributed by atoms with Crippen molar-refractivity contribution in [2.24, 2.45) is 0 Å². The van der Waals surface area contributed by atoms with Crippen LogP contribution in [0.4, 0.5) is 0 Å². The van der Waals surface area contributed by atoms with Gasteiger partial charge in [-0.05, 0) is 0 Å². The Bertz CT molecular complexity index is 144. The highest BCUT2D eigenvalue weighted by Crippen LogP contribution is 2.10. The van der Waals surface area contributed by atoms with Crippen LogP contribution in [0, 0.1) is 0 Å². The lowest BCUT2D eigenvalue weighted by Crippen LogP contribution is -1.79. The van der Waals surface area contributed by atoms with Crippen molar-refractivity contribution in [1.82, 2.24) is 4.98 Å². The largest absolute Gasteiger partial charge is 0.448 e. The highest BCUT2D eigenvalue weighted by Gasteiger charge is 1.99. The predicted molar refractivity (Wildman–Crippen MR) is 30.6 cm³/mol. The molecule has 1 rings (SSSR count). The molecular weight excluding hydrogens is 102 g/mol. The van der Waals surface area contributed by atoms with Gasteiger partial charge >= 0.3 is 0 Å². The maximum Gasteiger partial charge on any atom is 0.180 e. The van der Waals surface area contributed by atoms with Crippen molar-refractivity contribution in [3.05, 3.63) is 18.4 Å². The molecule has 44 valence electrons. The van der Waals surface area contributed by atoms with Gasteiger partial charge in [0.2, 0.25) is 0 Å². The molecule has 0 aliphatic carbocycles. The first-order chi connectivity index (χ1) is 3.80. The standard InChI is InChI=1S/C6H9NO/c1-5(2)6-3-7-4-8-6/h3-5H,1-2H3. The van der Waals surface area contributed by atoms with Crippen molar-refractivity contribution in [2.45, 2.75) is 19.8 Å². The first kappa shape index (κ1) is 5.35. The summed E-state index contributed by atoms with van der Waals surface area (Å²) in [4.78, 5) is 3.78. The fourth-order valence-corrected chi connectivity index (χ4v) is 0.511. The highest BCUT2D eigenvalue weighted by atomic mass is 16.3. The molecule has 0 amide bonds. The molecule has 0 aliphatic rings. The van der Waals surface area contributed by atoms with E-state index in [1.54, 1.807) is 6.20 Å². The van der Waals surface area contributed by atoms with Gasteiger partial charge in [-0.3, -0.25) is 0 Å². The molecule has 2 nitrogen and oxygen atoms in total. The van der Waals surface area contributed by atoms with Crippen molar-refractivity contribution >= 4 is 0 Å². The number of rotatable bonds is 1. The molecule has 0 aromatic carbocycles. The van der Waals surface area contributed by atoms with Crippen LogP contribution in [-0.2, 0) is 0 Å². The molecule has 0 N–H and O–H groups in total. The van der Waals surface area contributed by atoms with Gasteiger partial charge in [-0.1, -0.05) is 13.8 Å². The van der Waals surface area contributed by atoms with Gasteiger partial charge in [0.05, 0.1) is 6.20 Å².